The summed E-state index contributed by atoms with van der Waals surface area (Å²) in [6.07, 6.45) is 0. The predicted molar refractivity (Wildman–Crippen MR) is 100 cm³/mol. The van der Waals surface area contributed by atoms with Crippen LogP contribution in [-0.4, -0.2) is 42.9 Å². The molecule has 0 unspecified atom stereocenters. The Morgan fingerprint density at radius 2 is 1.77 bits per heavy atom. The molecule has 1 aliphatic rings. The minimum absolute atomic E-state index is 0.150. The van der Waals surface area contributed by atoms with Crippen LogP contribution in [0, 0.1) is 12.7 Å². The first kappa shape index (κ1) is 17.9. The average molecular weight is 355 g/mol. The maximum absolute atomic E-state index is 14.3. The standard InChI is InChI=1S/C20H22FN3O2/c1-14-4-3-5-17(12-14)22-20(26)24-10-8-23(9-11-24)19-7-6-16(15(2)25)13-18(19)21/h3-7,12-13H,8-11H2,1-2H3,(H,22,26). The highest BCUT2D eigenvalue weighted by Crippen LogP contribution is 2.22. The molecule has 1 fully saturated rings. The molecule has 0 spiro atoms. The second-order valence-electron chi connectivity index (χ2n) is 6.50. The van der Waals surface area contributed by atoms with Crippen molar-refractivity contribution in [3.63, 3.8) is 0 Å². The minimum Gasteiger partial charge on any atom is -0.366 e. The fraction of sp³-hybridized carbons (Fsp3) is 0.300. The highest BCUT2D eigenvalue weighted by molar-refractivity contribution is 5.94. The molecule has 5 nitrogen and oxygen atoms in total. The van der Waals surface area contributed by atoms with E-state index < -0.39 is 5.82 Å². The molecule has 1 N–H and O–H groups in total. The van der Waals surface area contributed by atoms with E-state index in [4.69, 9.17) is 0 Å². The van der Waals surface area contributed by atoms with Gasteiger partial charge in [0.05, 0.1) is 5.69 Å². The molecule has 2 aromatic rings. The van der Waals surface area contributed by atoms with Gasteiger partial charge in [0.25, 0.3) is 0 Å². The molecule has 3 rings (SSSR count). The third kappa shape index (κ3) is 4.02. The quantitative estimate of drug-likeness (QED) is 0.855. The van der Waals surface area contributed by atoms with Gasteiger partial charge in [0.2, 0.25) is 0 Å². The lowest BCUT2D eigenvalue weighted by Crippen LogP contribution is -2.50. The molecule has 26 heavy (non-hydrogen) atoms. The molecule has 6 heteroatoms. The van der Waals surface area contributed by atoms with Gasteiger partial charge in [-0.15, -0.1) is 0 Å². The number of rotatable bonds is 3. The van der Waals surface area contributed by atoms with Crippen LogP contribution < -0.4 is 10.2 Å². The van der Waals surface area contributed by atoms with E-state index in [1.54, 1.807) is 17.0 Å². The smallest absolute Gasteiger partial charge is 0.321 e. The number of ketones is 1. The van der Waals surface area contributed by atoms with Gasteiger partial charge < -0.3 is 15.1 Å². The molecule has 2 amide bonds. The topological polar surface area (TPSA) is 52.7 Å². The molecule has 0 aromatic heterocycles. The van der Waals surface area contributed by atoms with Gasteiger partial charge in [-0.2, -0.15) is 0 Å². The van der Waals surface area contributed by atoms with E-state index in [9.17, 15) is 14.0 Å². The van der Waals surface area contributed by atoms with Gasteiger partial charge in [-0.1, -0.05) is 12.1 Å². The van der Waals surface area contributed by atoms with Gasteiger partial charge in [-0.25, -0.2) is 9.18 Å². The molecule has 1 aliphatic heterocycles. The Balaban J connectivity index is 1.60. The summed E-state index contributed by atoms with van der Waals surface area (Å²) in [7, 11) is 0. The molecule has 0 atom stereocenters. The second kappa shape index (κ2) is 7.56. The number of benzene rings is 2. The molecule has 136 valence electrons. The molecule has 1 saturated heterocycles. The van der Waals surface area contributed by atoms with Gasteiger partial charge in [-0.05, 0) is 49.7 Å². The largest absolute Gasteiger partial charge is 0.366 e. The number of amides is 2. The van der Waals surface area contributed by atoms with E-state index in [1.807, 2.05) is 36.1 Å². The zero-order valence-electron chi connectivity index (χ0n) is 15.0. The van der Waals surface area contributed by atoms with Crippen molar-refractivity contribution in [2.45, 2.75) is 13.8 Å². The lowest BCUT2D eigenvalue weighted by molar-refractivity contribution is 0.101. The number of nitrogens with zero attached hydrogens (tertiary/aromatic N) is 2. The van der Waals surface area contributed by atoms with Crippen molar-refractivity contribution in [1.29, 1.82) is 0 Å². The summed E-state index contributed by atoms with van der Waals surface area (Å²) < 4.78 is 14.3. The fourth-order valence-corrected chi connectivity index (χ4v) is 3.06. The maximum Gasteiger partial charge on any atom is 0.321 e. The molecule has 0 aliphatic carbocycles. The highest BCUT2D eigenvalue weighted by Gasteiger charge is 2.23. The van der Waals surface area contributed by atoms with Crippen molar-refractivity contribution in [2.75, 3.05) is 36.4 Å². The van der Waals surface area contributed by atoms with Crippen LogP contribution in [0.2, 0.25) is 0 Å². The number of Topliss-reactive ketones (excluding diaryl/α,β-unsaturated/α-hetero) is 1. The third-order valence-corrected chi connectivity index (χ3v) is 4.53. The summed E-state index contributed by atoms with van der Waals surface area (Å²) >= 11 is 0. The summed E-state index contributed by atoms with van der Waals surface area (Å²) in [5, 5.41) is 2.90. The Morgan fingerprint density at radius 1 is 1.04 bits per heavy atom. The minimum atomic E-state index is -0.407. The van der Waals surface area contributed by atoms with Crippen LogP contribution in [0.25, 0.3) is 0 Å². The van der Waals surface area contributed by atoms with Crippen LogP contribution in [-0.2, 0) is 0 Å². The second-order valence-corrected chi connectivity index (χ2v) is 6.50. The van der Waals surface area contributed by atoms with Crippen LogP contribution in [0.3, 0.4) is 0 Å². The van der Waals surface area contributed by atoms with Gasteiger partial charge in [0.15, 0.2) is 5.78 Å². The first-order valence-electron chi connectivity index (χ1n) is 8.62. The number of hydrogen-bond acceptors (Lipinski definition) is 3. The highest BCUT2D eigenvalue weighted by atomic mass is 19.1. The van der Waals surface area contributed by atoms with Gasteiger partial charge in [-0.3, -0.25) is 4.79 Å². The molecular formula is C20H22FN3O2. The van der Waals surface area contributed by atoms with Crippen LogP contribution in [0.4, 0.5) is 20.6 Å². The number of piperazine rings is 1. The zero-order valence-corrected chi connectivity index (χ0v) is 15.0. The molecular weight excluding hydrogens is 333 g/mol. The van der Waals surface area contributed by atoms with Crippen LogP contribution in [0.5, 0.6) is 0 Å². The van der Waals surface area contributed by atoms with Gasteiger partial charge >= 0.3 is 6.03 Å². The molecule has 0 saturated carbocycles. The predicted octanol–water partition coefficient (Wildman–Crippen LogP) is 3.69. The normalized spacial score (nSPS) is 14.3. The SMILES string of the molecule is CC(=O)c1ccc(N2CCN(C(=O)Nc3cccc(C)c3)CC2)c(F)c1. The molecule has 0 radical (unpaired) electrons. The van der Waals surface area contributed by atoms with Crippen molar-refractivity contribution in [1.82, 2.24) is 4.90 Å². The lowest BCUT2D eigenvalue weighted by atomic mass is 10.1. The third-order valence-electron chi connectivity index (χ3n) is 4.53. The van der Waals surface area contributed by atoms with Crippen molar-refractivity contribution in [3.05, 3.63) is 59.4 Å². The number of carbonyl (C=O) groups is 2. The summed E-state index contributed by atoms with van der Waals surface area (Å²) in [6, 6.07) is 12.0. The molecule has 0 bridgehead atoms. The first-order chi connectivity index (χ1) is 12.4. The first-order valence-corrected chi connectivity index (χ1v) is 8.62. The number of anilines is 2. The van der Waals surface area contributed by atoms with Crippen molar-refractivity contribution < 1.29 is 14.0 Å². The number of hydrogen-bond donors (Lipinski definition) is 1. The number of urea groups is 1. The average Bonchev–Trinajstić information content (AvgIpc) is 2.61. The Labute approximate surface area is 152 Å². The van der Waals surface area contributed by atoms with E-state index in [0.29, 0.717) is 37.4 Å². The summed E-state index contributed by atoms with van der Waals surface area (Å²) in [4.78, 5) is 27.4. The summed E-state index contributed by atoms with van der Waals surface area (Å²) in [6.45, 7) is 5.48. The Morgan fingerprint density at radius 3 is 2.38 bits per heavy atom. The maximum atomic E-state index is 14.3. The van der Waals surface area contributed by atoms with E-state index in [-0.39, 0.29) is 11.8 Å². The van der Waals surface area contributed by atoms with E-state index in [0.717, 1.165) is 11.3 Å². The number of aryl methyl sites for hydroxylation is 1. The Hall–Kier alpha value is -2.89. The molecule has 2 aromatic carbocycles. The number of nitrogens with one attached hydrogen (secondary N) is 1. The summed E-state index contributed by atoms with van der Waals surface area (Å²) in [5.41, 5.74) is 2.68. The van der Waals surface area contributed by atoms with Crippen LogP contribution in [0.1, 0.15) is 22.8 Å². The lowest BCUT2D eigenvalue weighted by Gasteiger charge is -2.36. The van der Waals surface area contributed by atoms with Crippen LogP contribution in [0.15, 0.2) is 42.5 Å². The van der Waals surface area contributed by atoms with E-state index >= 15 is 0 Å². The zero-order chi connectivity index (χ0) is 18.7. The van der Waals surface area contributed by atoms with Gasteiger partial charge in [0.1, 0.15) is 5.82 Å². The van der Waals surface area contributed by atoms with E-state index in [1.165, 1.54) is 13.0 Å². The summed E-state index contributed by atoms with van der Waals surface area (Å²) in [5.74, 6) is -0.566. The van der Waals surface area contributed by atoms with E-state index in [2.05, 4.69) is 5.32 Å². The molecule has 1 heterocycles. The Kier molecular flexibility index (Phi) is 5.21. The monoisotopic (exact) mass is 355 g/mol. The van der Waals surface area contributed by atoms with Gasteiger partial charge in [0, 0.05) is 37.4 Å². The van der Waals surface area contributed by atoms with Crippen molar-refractivity contribution in [2.24, 2.45) is 0 Å². The van der Waals surface area contributed by atoms with Crippen LogP contribution >= 0.6 is 0 Å². The number of carbonyl (C=O) groups excluding carboxylic acids is 2. The Bertz CT molecular complexity index is 830. The fourth-order valence-electron chi connectivity index (χ4n) is 3.06. The number of halogens is 1. The van der Waals surface area contributed by atoms with Crippen molar-refractivity contribution in [3.8, 4) is 0 Å². The van der Waals surface area contributed by atoms with Crippen molar-refractivity contribution >= 4 is 23.2 Å².